The molecule has 0 atom stereocenters. The molecule has 4 aromatic heterocycles. The SMILES string of the molecule is Cc1ccc(-c2[c-]cccc2)nc1.Cc1cnc(-c2[c-]ccc3c2oc2nc(Cc4ccccc4)ccc23)cc1C.[Ir]. The average Bonchev–Trinajstić information content (AvgIpc) is 3.38. The number of nitrogens with zero attached hydrogens (tertiary/aromatic N) is 3. The van der Waals surface area contributed by atoms with E-state index in [2.05, 4.69) is 72.3 Å². The molecule has 0 fully saturated rings. The predicted octanol–water partition coefficient (Wildman–Crippen LogP) is 8.91. The second-order valence-electron chi connectivity index (χ2n) is 10.2. The molecule has 1 radical (unpaired) electrons. The van der Waals surface area contributed by atoms with Crippen LogP contribution in [0.25, 0.3) is 44.6 Å². The normalized spacial score (nSPS) is 10.6. The van der Waals surface area contributed by atoms with Crippen molar-refractivity contribution in [2.45, 2.75) is 27.2 Å². The van der Waals surface area contributed by atoms with Crippen LogP contribution in [-0.2, 0) is 26.5 Å². The summed E-state index contributed by atoms with van der Waals surface area (Å²) in [4.78, 5) is 13.7. The van der Waals surface area contributed by atoms with E-state index in [1.807, 2.05) is 80.0 Å². The van der Waals surface area contributed by atoms with Gasteiger partial charge in [0.1, 0.15) is 0 Å². The standard InChI is InChI=1S/C25H19N2O.C12H10N.Ir/c1-16-13-23(26-15-17(16)2)22-10-6-9-20-21-12-11-19(27-25(21)28-24(20)22)14-18-7-4-3-5-8-18;1-10-7-8-12(13-9-10)11-5-3-2-4-6-11;/h3-9,11-13,15H,14H2,1-2H3;2-5,7-9H,1H3;/q2*-1;. The maximum atomic E-state index is 6.20. The second kappa shape index (κ2) is 13.0. The molecule has 0 N–H and O–H groups in total. The van der Waals surface area contributed by atoms with Gasteiger partial charge in [0.25, 0.3) is 0 Å². The summed E-state index contributed by atoms with van der Waals surface area (Å²) >= 11 is 0. The van der Waals surface area contributed by atoms with Crippen molar-refractivity contribution >= 4 is 22.1 Å². The molecular weight excluding hydrogens is 695 g/mol. The van der Waals surface area contributed by atoms with Gasteiger partial charge < -0.3 is 14.4 Å². The average molecular weight is 724 g/mol. The van der Waals surface area contributed by atoms with E-state index in [0.717, 1.165) is 51.0 Å². The molecule has 3 aromatic carbocycles. The topological polar surface area (TPSA) is 51.8 Å². The third-order valence-electron chi connectivity index (χ3n) is 7.11. The molecule has 5 heteroatoms. The second-order valence-corrected chi connectivity index (χ2v) is 10.2. The number of fused-ring (bicyclic) bond motifs is 3. The largest absolute Gasteiger partial charge is 0.486 e. The van der Waals surface area contributed by atoms with Crippen molar-refractivity contribution in [1.29, 1.82) is 0 Å². The van der Waals surface area contributed by atoms with Crippen molar-refractivity contribution in [3.05, 3.63) is 150 Å². The zero-order chi connectivity index (χ0) is 28.2. The van der Waals surface area contributed by atoms with E-state index in [4.69, 9.17) is 9.40 Å². The van der Waals surface area contributed by atoms with Gasteiger partial charge >= 0.3 is 0 Å². The van der Waals surface area contributed by atoms with E-state index in [-0.39, 0.29) is 20.1 Å². The number of pyridine rings is 3. The number of aryl methyl sites for hydroxylation is 3. The first-order valence-electron chi connectivity index (χ1n) is 13.7. The Morgan fingerprint density at radius 2 is 1.50 bits per heavy atom. The number of aromatic nitrogens is 3. The molecule has 0 aliphatic heterocycles. The van der Waals surface area contributed by atoms with E-state index in [0.29, 0.717) is 5.71 Å². The minimum absolute atomic E-state index is 0. The smallest absolute Gasteiger partial charge is 0.216 e. The molecule has 209 valence electrons. The molecular formula is C37H29IrN3O-2. The Kier molecular flexibility index (Phi) is 9.02. The minimum Gasteiger partial charge on any atom is -0.486 e. The Morgan fingerprint density at radius 3 is 2.24 bits per heavy atom. The van der Waals surface area contributed by atoms with Gasteiger partial charge in [-0.25, -0.2) is 4.98 Å². The van der Waals surface area contributed by atoms with E-state index in [1.165, 1.54) is 22.3 Å². The van der Waals surface area contributed by atoms with Gasteiger partial charge in [-0.15, -0.1) is 54.1 Å². The van der Waals surface area contributed by atoms with Gasteiger partial charge in [0.05, 0.1) is 5.58 Å². The summed E-state index contributed by atoms with van der Waals surface area (Å²) < 4.78 is 6.20. The fraction of sp³-hybridized carbons (Fsp3) is 0.108. The van der Waals surface area contributed by atoms with Crippen LogP contribution >= 0.6 is 0 Å². The Balaban J connectivity index is 0.000000212. The Hall–Kier alpha value is -4.44. The van der Waals surface area contributed by atoms with Crippen LogP contribution in [0.2, 0.25) is 0 Å². The molecule has 0 aliphatic carbocycles. The van der Waals surface area contributed by atoms with Crippen LogP contribution in [-0.4, -0.2) is 15.0 Å². The van der Waals surface area contributed by atoms with Gasteiger partial charge in [0.2, 0.25) is 5.71 Å². The Labute approximate surface area is 259 Å². The number of hydrogen-bond acceptors (Lipinski definition) is 4. The van der Waals surface area contributed by atoms with Crippen molar-refractivity contribution in [1.82, 2.24) is 15.0 Å². The van der Waals surface area contributed by atoms with Crippen LogP contribution in [0.5, 0.6) is 0 Å². The van der Waals surface area contributed by atoms with Crippen molar-refractivity contribution in [3.8, 4) is 22.5 Å². The molecule has 0 aliphatic rings. The fourth-order valence-electron chi connectivity index (χ4n) is 4.70. The quantitative estimate of drug-likeness (QED) is 0.170. The molecule has 0 saturated heterocycles. The maximum absolute atomic E-state index is 6.20. The number of furan rings is 1. The molecule has 7 rings (SSSR count). The van der Waals surface area contributed by atoms with Gasteiger partial charge in [-0.1, -0.05) is 65.0 Å². The Bertz CT molecular complexity index is 1930. The first-order chi connectivity index (χ1) is 20.0. The molecule has 0 spiro atoms. The van der Waals surface area contributed by atoms with Gasteiger partial charge in [0, 0.05) is 50.0 Å². The van der Waals surface area contributed by atoms with Gasteiger partial charge in [0.15, 0.2) is 0 Å². The zero-order valence-corrected chi connectivity index (χ0v) is 26.1. The molecule has 4 heterocycles. The van der Waals surface area contributed by atoms with E-state index >= 15 is 0 Å². The number of hydrogen-bond donors (Lipinski definition) is 0. The summed E-state index contributed by atoms with van der Waals surface area (Å²) in [5.41, 5.74) is 11.0. The van der Waals surface area contributed by atoms with Crippen LogP contribution in [0.15, 0.2) is 114 Å². The van der Waals surface area contributed by atoms with Crippen LogP contribution in [0.4, 0.5) is 0 Å². The summed E-state index contributed by atoms with van der Waals surface area (Å²) in [5, 5.41) is 2.06. The molecule has 0 saturated carbocycles. The monoisotopic (exact) mass is 724 g/mol. The van der Waals surface area contributed by atoms with Gasteiger partial charge in [-0.2, -0.15) is 0 Å². The fourth-order valence-corrected chi connectivity index (χ4v) is 4.70. The molecule has 0 unspecified atom stereocenters. The first kappa shape index (κ1) is 29.1. The van der Waals surface area contributed by atoms with E-state index < -0.39 is 0 Å². The minimum atomic E-state index is 0. The van der Waals surface area contributed by atoms with E-state index in [9.17, 15) is 0 Å². The van der Waals surface area contributed by atoms with Crippen molar-refractivity contribution in [3.63, 3.8) is 0 Å². The molecule has 7 aromatic rings. The number of benzene rings is 3. The van der Waals surface area contributed by atoms with Crippen molar-refractivity contribution in [2.75, 3.05) is 0 Å². The summed E-state index contributed by atoms with van der Waals surface area (Å²) in [6.45, 7) is 6.19. The summed E-state index contributed by atoms with van der Waals surface area (Å²) in [5.74, 6) is 0. The Morgan fingerprint density at radius 1 is 0.690 bits per heavy atom. The van der Waals surface area contributed by atoms with Crippen LogP contribution < -0.4 is 0 Å². The molecule has 4 nitrogen and oxygen atoms in total. The van der Waals surface area contributed by atoms with E-state index in [1.54, 1.807) is 0 Å². The summed E-state index contributed by atoms with van der Waals surface area (Å²) in [6, 6.07) is 39.0. The zero-order valence-electron chi connectivity index (χ0n) is 23.7. The van der Waals surface area contributed by atoms with Gasteiger partial charge in [-0.3, -0.25) is 0 Å². The third-order valence-corrected chi connectivity index (χ3v) is 7.11. The van der Waals surface area contributed by atoms with Crippen molar-refractivity contribution in [2.24, 2.45) is 0 Å². The van der Waals surface area contributed by atoms with Crippen LogP contribution in [0, 0.1) is 32.9 Å². The van der Waals surface area contributed by atoms with Crippen LogP contribution in [0.1, 0.15) is 27.9 Å². The number of rotatable bonds is 4. The maximum Gasteiger partial charge on any atom is 0.216 e. The molecule has 0 bridgehead atoms. The first-order valence-corrected chi connectivity index (χ1v) is 13.7. The predicted molar refractivity (Wildman–Crippen MR) is 166 cm³/mol. The van der Waals surface area contributed by atoms with Crippen LogP contribution in [0.3, 0.4) is 0 Å². The third kappa shape index (κ3) is 6.38. The van der Waals surface area contributed by atoms with Gasteiger partial charge in [-0.05, 0) is 61.0 Å². The summed E-state index contributed by atoms with van der Waals surface area (Å²) in [6.07, 6.45) is 4.55. The molecule has 0 amide bonds. The van der Waals surface area contributed by atoms with Crippen molar-refractivity contribution < 1.29 is 24.5 Å². The molecule has 42 heavy (non-hydrogen) atoms. The summed E-state index contributed by atoms with van der Waals surface area (Å²) in [7, 11) is 0.